The molecule has 3 N–H and O–H groups in total. The van der Waals surface area contributed by atoms with Gasteiger partial charge in [-0.05, 0) is 25.2 Å². The van der Waals surface area contributed by atoms with E-state index >= 15 is 0 Å². The molecule has 0 bridgehead atoms. The van der Waals surface area contributed by atoms with Gasteiger partial charge in [0.15, 0.2) is 5.96 Å². The molecule has 3 nitrogen and oxygen atoms in total. The van der Waals surface area contributed by atoms with Crippen molar-refractivity contribution in [1.29, 1.82) is 0 Å². The predicted molar refractivity (Wildman–Crippen MR) is 79.3 cm³/mol. The Morgan fingerprint density at radius 2 is 1.89 bits per heavy atom. The molecule has 0 fully saturated rings. The first-order chi connectivity index (χ1) is 7.81. The number of nitrogens with zero attached hydrogens (tertiary/aromatic N) is 1. The second-order valence-corrected chi connectivity index (χ2v) is 4.45. The average molecular weight is 381 g/mol. The maximum Gasteiger partial charge on any atom is 0.389 e. The molecule has 0 radical (unpaired) electrons. The molecule has 110 valence electrons. The monoisotopic (exact) mass is 381 g/mol. The van der Waals surface area contributed by atoms with E-state index in [0.717, 1.165) is 13.0 Å². The zero-order chi connectivity index (χ0) is 13.3. The number of aliphatic imine (C=N–C) groups is 1. The van der Waals surface area contributed by atoms with Gasteiger partial charge in [-0.2, -0.15) is 13.2 Å². The first kappa shape index (κ1) is 20.1. The summed E-state index contributed by atoms with van der Waals surface area (Å²) in [6.07, 6.45) is -3.31. The summed E-state index contributed by atoms with van der Waals surface area (Å²) in [4.78, 5) is 3.96. The number of nitrogens with two attached hydrogens (primary N) is 1. The number of alkyl halides is 3. The third kappa shape index (κ3) is 15.8. The van der Waals surface area contributed by atoms with Gasteiger partial charge in [-0.25, -0.2) is 0 Å². The summed E-state index contributed by atoms with van der Waals surface area (Å²) in [5, 5.41) is 2.93. The lowest BCUT2D eigenvalue weighted by molar-refractivity contribution is -0.135. The smallest absolute Gasteiger partial charge is 0.370 e. The summed E-state index contributed by atoms with van der Waals surface area (Å²) >= 11 is 0. The molecular formula is C11H23F3IN3. The summed E-state index contributed by atoms with van der Waals surface area (Å²) in [5.74, 6) is 0.903. The summed E-state index contributed by atoms with van der Waals surface area (Å²) in [7, 11) is 0. The van der Waals surface area contributed by atoms with Crippen LogP contribution in [0.1, 0.15) is 39.5 Å². The van der Waals surface area contributed by atoms with Crippen LogP contribution in [-0.2, 0) is 0 Å². The van der Waals surface area contributed by atoms with Crippen LogP contribution in [0, 0.1) is 5.92 Å². The van der Waals surface area contributed by atoms with Crippen molar-refractivity contribution in [1.82, 2.24) is 5.32 Å². The van der Waals surface area contributed by atoms with Crippen LogP contribution in [0.2, 0.25) is 0 Å². The largest absolute Gasteiger partial charge is 0.389 e. The summed E-state index contributed by atoms with van der Waals surface area (Å²) in [5.41, 5.74) is 5.54. The standard InChI is InChI=1S/C11H22F3N3.HI/c1-9(2)5-8-17-10(15)16-7-4-3-6-11(12,13)14;/h9H,3-8H2,1-2H3,(H3,15,16,17);1H. The minimum Gasteiger partial charge on any atom is -0.370 e. The van der Waals surface area contributed by atoms with Crippen LogP contribution in [0.3, 0.4) is 0 Å². The lowest BCUT2D eigenvalue weighted by Crippen LogP contribution is -2.33. The molecule has 0 unspecified atom stereocenters. The maximum atomic E-state index is 11.8. The van der Waals surface area contributed by atoms with E-state index in [2.05, 4.69) is 24.2 Å². The number of unbranched alkanes of at least 4 members (excludes halogenated alkanes) is 1. The molecule has 0 rings (SSSR count). The molecule has 0 aliphatic heterocycles. The Morgan fingerprint density at radius 3 is 2.39 bits per heavy atom. The first-order valence-corrected chi connectivity index (χ1v) is 5.92. The molecule has 7 heteroatoms. The van der Waals surface area contributed by atoms with Crippen LogP contribution >= 0.6 is 24.0 Å². The minimum atomic E-state index is -4.06. The molecule has 0 aliphatic rings. The van der Waals surface area contributed by atoms with Gasteiger partial charge in [-0.15, -0.1) is 24.0 Å². The Labute approximate surface area is 124 Å². The van der Waals surface area contributed by atoms with Gasteiger partial charge in [0.1, 0.15) is 0 Å². The van der Waals surface area contributed by atoms with E-state index in [4.69, 9.17) is 5.73 Å². The molecule has 0 saturated heterocycles. The van der Waals surface area contributed by atoms with E-state index < -0.39 is 12.6 Å². The Kier molecular flexibility index (Phi) is 11.9. The lowest BCUT2D eigenvalue weighted by atomic mass is 10.1. The molecule has 0 amide bonds. The van der Waals surface area contributed by atoms with Gasteiger partial charge in [-0.3, -0.25) is 4.99 Å². The quantitative estimate of drug-likeness (QED) is 0.308. The SMILES string of the molecule is CC(C)CCNC(N)=NCCCCC(F)(F)F.I. The van der Waals surface area contributed by atoms with Crippen molar-refractivity contribution in [3.8, 4) is 0 Å². The Morgan fingerprint density at radius 1 is 1.28 bits per heavy atom. The van der Waals surface area contributed by atoms with Gasteiger partial charge in [0.2, 0.25) is 0 Å². The van der Waals surface area contributed by atoms with Crippen molar-refractivity contribution in [2.24, 2.45) is 16.6 Å². The fourth-order valence-electron chi connectivity index (χ4n) is 1.18. The highest BCUT2D eigenvalue weighted by molar-refractivity contribution is 14.0. The molecule has 0 saturated carbocycles. The Hall–Kier alpha value is -0.210. The van der Waals surface area contributed by atoms with Crippen molar-refractivity contribution in [2.45, 2.75) is 45.7 Å². The summed E-state index contributed by atoms with van der Waals surface area (Å²) in [6.45, 7) is 5.30. The maximum absolute atomic E-state index is 11.8. The third-order valence-electron chi connectivity index (χ3n) is 2.18. The predicted octanol–water partition coefficient (Wildman–Crippen LogP) is 3.29. The zero-order valence-electron chi connectivity index (χ0n) is 10.9. The van der Waals surface area contributed by atoms with E-state index in [0.29, 0.717) is 24.8 Å². The second-order valence-electron chi connectivity index (χ2n) is 4.45. The van der Waals surface area contributed by atoms with E-state index in [1.54, 1.807) is 0 Å². The molecule has 0 spiro atoms. The van der Waals surface area contributed by atoms with Crippen LogP contribution in [0.5, 0.6) is 0 Å². The normalized spacial score (nSPS) is 12.4. The van der Waals surface area contributed by atoms with Gasteiger partial charge in [0.25, 0.3) is 0 Å². The number of rotatable bonds is 7. The number of guanidine groups is 1. The van der Waals surface area contributed by atoms with Crippen molar-refractivity contribution in [3.63, 3.8) is 0 Å². The molecule has 0 aromatic heterocycles. The number of nitrogens with one attached hydrogen (secondary N) is 1. The molecular weight excluding hydrogens is 358 g/mol. The number of hydrogen-bond donors (Lipinski definition) is 2. The van der Waals surface area contributed by atoms with Crippen LogP contribution in [0.4, 0.5) is 13.2 Å². The molecule has 0 atom stereocenters. The topological polar surface area (TPSA) is 50.4 Å². The summed E-state index contributed by atoms with van der Waals surface area (Å²) < 4.78 is 35.4. The van der Waals surface area contributed by atoms with E-state index in [9.17, 15) is 13.2 Å². The van der Waals surface area contributed by atoms with Crippen molar-refractivity contribution in [2.75, 3.05) is 13.1 Å². The van der Waals surface area contributed by atoms with Crippen molar-refractivity contribution < 1.29 is 13.2 Å². The fraction of sp³-hybridized carbons (Fsp3) is 0.909. The zero-order valence-corrected chi connectivity index (χ0v) is 13.2. The van der Waals surface area contributed by atoms with E-state index in [-0.39, 0.29) is 30.4 Å². The van der Waals surface area contributed by atoms with Crippen LogP contribution in [-0.4, -0.2) is 25.2 Å². The number of halogens is 4. The van der Waals surface area contributed by atoms with Crippen molar-refractivity contribution in [3.05, 3.63) is 0 Å². The van der Waals surface area contributed by atoms with Crippen LogP contribution in [0.15, 0.2) is 4.99 Å². The van der Waals surface area contributed by atoms with Gasteiger partial charge in [-0.1, -0.05) is 13.8 Å². The van der Waals surface area contributed by atoms with E-state index in [1.165, 1.54) is 0 Å². The fourth-order valence-corrected chi connectivity index (χ4v) is 1.18. The van der Waals surface area contributed by atoms with Gasteiger partial charge >= 0.3 is 6.18 Å². The highest BCUT2D eigenvalue weighted by atomic mass is 127. The molecule has 0 heterocycles. The van der Waals surface area contributed by atoms with Crippen LogP contribution in [0.25, 0.3) is 0 Å². The van der Waals surface area contributed by atoms with Gasteiger partial charge < -0.3 is 11.1 Å². The molecule has 0 aromatic carbocycles. The first-order valence-electron chi connectivity index (χ1n) is 5.92. The van der Waals surface area contributed by atoms with E-state index in [1.807, 2.05) is 0 Å². The minimum absolute atomic E-state index is 0. The van der Waals surface area contributed by atoms with Crippen molar-refractivity contribution >= 4 is 29.9 Å². The summed E-state index contributed by atoms with van der Waals surface area (Å²) in [6, 6.07) is 0. The Bertz CT molecular complexity index is 230. The van der Waals surface area contributed by atoms with Gasteiger partial charge in [0, 0.05) is 19.5 Å². The molecule has 0 aromatic rings. The molecule has 18 heavy (non-hydrogen) atoms. The van der Waals surface area contributed by atoms with Crippen LogP contribution < -0.4 is 11.1 Å². The average Bonchev–Trinajstić information content (AvgIpc) is 2.14. The Balaban J connectivity index is 0. The second kappa shape index (κ2) is 10.7. The van der Waals surface area contributed by atoms with Gasteiger partial charge in [0.05, 0.1) is 0 Å². The molecule has 0 aliphatic carbocycles. The highest BCUT2D eigenvalue weighted by Crippen LogP contribution is 2.21. The number of hydrogen-bond acceptors (Lipinski definition) is 1. The third-order valence-corrected chi connectivity index (χ3v) is 2.18. The lowest BCUT2D eigenvalue weighted by Gasteiger charge is -2.07. The highest BCUT2D eigenvalue weighted by Gasteiger charge is 2.25.